The van der Waals surface area contributed by atoms with Crippen molar-refractivity contribution < 1.29 is 13.9 Å². The number of hydrogen-bond donors (Lipinski definition) is 0. The first-order chi connectivity index (χ1) is 11.1. The van der Waals surface area contributed by atoms with Gasteiger partial charge in [-0.05, 0) is 29.8 Å². The van der Waals surface area contributed by atoms with Crippen molar-refractivity contribution in [3.63, 3.8) is 0 Å². The van der Waals surface area contributed by atoms with Gasteiger partial charge in [0.1, 0.15) is 18.2 Å². The van der Waals surface area contributed by atoms with E-state index in [1.165, 1.54) is 17.0 Å². The minimum atomic E-state index is -0.356. The number of benzene rings is 2. The molecular weight excluding hydrogens is 295 g/mol. The highest BCUT2D eigenvalue weighted by Crippen LogP contribution is 2.15. The molecule has 2 rings (SSSR count). The predicted octanol–water partition coefficient (Wildman–Crippen LogP) is 3.39. The number of nitrogens with zero attached hydrogens (tertiary/aromatic N) is 2. The lowest BCUT2D eigenvalue weighted by molar-refractivity contribution is 0.0798. The van der Waals surface area contributed by atoms with E-state index >= 15 is 0 Å². The van der Waals surface area contributed by atoms with Crippen LogP contribution in [-0.2, 0) is 6.61 Å². The van der Waals surface area contributed by atoms with Crippen LogP contribution in [0.25, 0.3) is 0 Å². The maximum atomic E-state index is 13.1. The lowest BCUT2D eigenvalue weighted by Crippen LogP contribution is -2.27. The van der Waals surface area contributed by atoms with E-state index in [2.05, 4.69) is 0 Å². The Kier molecular flexibility index (Phi) is 5.70. The molecule has 0 aliphatic carbocycles. The molecule has 0 aromatic heterocycles. The third-order valence-electron chi connectivity index (χ3n) is 3.28. The van der Waals surface area contributed by atoms with Crippen LogP contribution in [0.15, 0.2) is 48.5 Å². The van der Waals surface area contributed by atoms with Crippen LogP contribution in [0.5, 0.6) is 5.75 Å². The summed E-state index contributed by atoms with van der Waals surface area (Å²) in [5.74, 6) is -0.0636. The summed E-state index contributed by atoms with van der Waals surface area (Å²) < 4.78 is 18.6. The molecule has 118 valence electrons. The predicted molar refractivity (Wildman–Crippen MR) is 84.4 cm³/mol. The molecule has 2 aromatic rings. The van der Waals surface area contributed by atoms with E-state index in [1.54, 1.807) is 37.4 Å². The molecule has 0 unspecified atom stereocenters. The van der Waals surface area contributed by atoms with Gasteiger partial charge in [-0.1, -0.05) is 18.2 Å². The number of rotatable bonds is 6. The van der Waals surface area contributed by atoms with Gasteiger partial charge in [-0.2, -0.15) is 5.26 Å². The fourth-order valence-electron chi connectivity index (χ4n) is 2.06. The zero-order valence-electron chi connectivity index (χ0n) is 12.8. The molecule has 0 N–H and O–H groups in total. The Morgan fingerprint density at radius 2 is 2.04 bits per heavy atom. The Labute approximate surface area is 134 Å². The molecule has 0 aliphatic rings. The van der Waals surface area contributed by atoms with Crippen LogP contribution >= 0.6 is 0 Å². The van der Waals surface area contributed by atoms with Gasteiger partial charge >= 0.3 is 0 Å². The fraction of sp³-hybridized carbons (Fsp3) is 0.222. The van der Waals surface area contributed by atoms with E-state index in [0.717, 1.165) is 5.56 Å². The van der Waals surface area contributed by atoms with Gasteiger partial charge in [0.25, 0.3) is 5.91 Å². The van der Waals surface area contributed by atoms with Crippen LogP contribution in [0, 0.1) is 17.1 Å². The number of hydrogen-bond acceptors (Lipinski definition) is 3. The molecule has 1 amide bonds. The van der Waals surface area contributed by atoms with E-state index in [-0.39, 0.29) is 18.3 Å². The molecule has 0 spiro atoms. The van der Waals surface area contributed by atoms with E-state index in [0.29, 0.717) is 24.3 Å². The average molecular weight is 312 g/mol. The van der Waals surface area contributed by atoms with E-state index in [1.807, 2.05) is 12.1 Å². The summed E-state index contributed by atoms with van der Waals surface area (Å²) in [6.45, 7) is 0.631. The van der Waals surface area contributed by atoms with E-state index < -0.39 is 0 Å². The Bertz CT molecular complexity index is 725. The molecule has 0 saturated carbocycles. The molecule has 2 aromatic carbocycles. The van der Waals surface area contributed by atoms with Crippen molar-refractivity contribution in [1.82, 2.24) is 4.90 Å². The number of amides is 1. The minimum absolute atomic E-state index is 0.146. The summed E-state index contributed by atoms with van der Waals surface area (Å²) in [4.78, 5) is 13.8. The summed E-state index contributed by atoms with van der Waals surface area (Å²) in [6, 6.07) is 15.0. The van der Waals surface area contributed by atoms with Crippen LogP contribution in [0.2, 0.25) is 0 Å². The Morgan fingerprint density at radius 1 is 1.26 bits per heavy atom. The average Bonchev–Trinajstić information content (AvgIpc) is 2.57. The summed E-state index contributed by atoms with van der Waals surface area (Å²) in [5, 5.41) is 8.58. The maximum Gasteiger partial charge on any atom is 0.253 e. The van der Waals surface area contributed by atoms with Crippen molar-refractivity contribution >= 4 is 5.91 Å². The molecule has 0 radical (unpaired) electrons. The van der Waals surface area contributed by atoms with Crippen LogP contribution in [0.4, 0.5) is 4.39 Å². The summed E-state index contributed by atoms with van der Waals surface area (Å²) in [5.41, 5.74) is 1.35. The number of carbonyl (C=O) groups is 1. The molecule has 0 aliphatic heterocycles. The third-order valence-corrected chi connectivity index (χ3v) is 3.28. The highest BCUT2D eigenvalue weighted by atomic mass is 19.1. The molecule has 0 saturated heterocycles. The normalized spacial score (nSPS) is 9.96. The van der Waals surface area contributed by atoms with Gasteiger partial charge in [0.05, 0.1) is 12.5 Å². The second-order valence-corrected chi connectivity index (χ2v) is 5.08. The summed E-state index contributed by atoms with van der Waals surface area (Å²) >= 11 is 0. The van der Waals surface area contributed by atoms with Gasteiger partial charge in [-0.3, -0.25) is 4.79 Å². The lowest BCUT2D eigenvalue weighted by Gasteiger charge is -2.16. The smallest absolute Gasteiger partial charge is 0.253 e. The fourth-order valence-corrected chi connectivity index (χ4v) is 2.06. The highest BCUT2D eigenvalue weighted by molar-refractivity contribution is 5.94. The first kappa shape index (κ1) is 16.5. The SMILES string of the molecule is CN(CCC#N)C(=O)c1cccc(COc2cccc(F)c2)c1. The van der Waals surface area contributed by atoms with Gasteiger partial charge in [0.15, 0.2) is 0 Å². The molecular formula is C18H17FN2O2. The van der Waals surface area contributed by atoms with Crippen molar-refractivity contribution in [2.75, 3.05) is 13.6 Å². The third kappa shape index (κ3) is 4.82. The zero-order valence-corrected chi connectivity index (χ0v) is 12.8. The van der Waals surface area contributed by atoms with Crippen molar-refractivity contribution in [3.8, 4) is 11.8 Å². The molecule has 0 heterocycles. The lowest BCUT2D eigenvalue weighted by atomic mass is 10.1. The van der Waals surface area contributed by atoms with Gasteiger partial charge in [-0.15, -0.1) is 0 Å². The Hall–Kier alpha value is -2.87. The van der Waals surface area contributed by atoms with E-state index in [4.69, 9.17) is 10.00 Å². The van der Waals surface area contributed by atoms with Crippen molar-refractivity contribution in [3.05, 3.63) is 65.5 Å². The first-order valence-electron chi connectivity index (χ1n) is 7.20. The zero-order chi connectivity index (χ0) is 16.7. The largest absolute Gasteiger partial charge is 0.489 e. The van der Waals surface area contributed by atoms with Crippen LogP contribution in [0.3, 0.4) is 0 Å². The summed E-state index contributed by atoms with van der Waals surface area (Å²) in [7, 11) is 1.66. The topological polar surface area (TPSA) is 53.3 Å². The van der Waals surface area contributed by atoms with Crippen LogP contribution in [0.1, 0.15) is 22.3 Å². The van der Waals surface area contributed by atoms with Crippen LogP contribution in [-0.4, -0.2) is 24.4 Å². The quantitative estimate of drug-likeness (QED) is 0.821. The van der Waals surface area contributed by atoms with Gasteiger partial charge in [-0.25, -0.2) is 4.39 Å². The second kappa shape index (κ2) is 7.95. The Morgan fingerprint density at radius 3 is 2.78 bits per heavy atom. The first-order valence-corrected chi connectivity index (χ1v) is 7.20. The monoisotopic (exact) mass is 312 g/mol. The Balaban J connectivity index is 2.02. The van der Waals surface area contributed by atoms with Gasteiger partial charge in [0.2, 0.25) is 0 Å². The number of halogens is 1. The van der Waals surface area contributed by atoms with E-state index in [9.17, 15) is 9.18 Å². The molecule has 0 atom stereocenters. The number of nitriles is 1. The molecule has 0 bridgehead atoms. The molecule has 5 heteroatoms. The van der Waals surface area contributed by atoms with Crippen LogP contribution < -0.4 is 4.74 Å². The summed E-state index contributed by atoms with van der Waals surface area (Å²) in [6.07, 6.45) is 0.296. The molecule has 23 heavy (non-hydrogen) atoms. The number of ether oxygens (including phenoxy) is 1. The van der Waals surface area contributed by atoms with Gasteiger partial charge in [0, 0.05) is 25.2 Å². The highest BCUT2D eigenvalue weighted by Gasteiger charge is 2.11. The van der Waals surface area contributed by atoms with Gasteiger partial charge < -0.3 is 9.64 Å². The number of carbonyl (C=O) groups excluding carboxylic acids is 1. The maximum absolute atomic E-state index is 13.1. The minimum Gasteiger partial charge on any atom is -0.489 e. The standard InChI is InChI=1S/C18H17FN2O2/c1-21(10-4-9-20)18(22)15-6-2-5-14(11-15)13-23-17-8-3-7-16(19)12-17/h2-3,5-8,11-12H,4,10,13H2,1H3. The van der Waals surface area contributed by atoms with Crippen molar-refractivity contribution in [2.24, 2.45) is 0 Å². The second-order valence-electron chi connectivity index (χ2n) is 5.08. The van der Waals surface area contributed by atoms with Crippen molar-refractivity contribution in [2.45, 2.75) is 13.0 Å². The molecule has 0 fully saturated rings. The molecule has 4 nitrogen and oxygen atoms in total. The van der Waals surface area contributed by atoms with Crippen molar-refractivity contribution in [1.29, 1.82) is 5.26 Å².